The van der Waals surface area contributed by atoms with E-state index in [-0.39, 0.29) is 35.6 Å². The summed E-state index contributed by atoms with van der Waals surface area (Å²) in [5.41, 5.74) is -1.82. The van der Waals surface area contributed by atoms with Crippen LogP contribution in [0.2, 0.25) is 0 Å². The number of hydrogen-bond acceptors (Lipinski definition) is 7. The maximum absolute atomic E-state index is 13.9. The van der Waals surface area contributed by atoms with Gasteiger partial charge in [0.2, 0.25) is 5.88 Å². The molecule has 0 aliphatic carbocycles. The van der Waals surface area contributed by atoms with Crippen molar-refractivity contribution in [2.45, 2.75) is 19.0 Å². The number of alkyl halides is 3. The first kappa shape index (κ1) is 24.0. The molecule has 13 heteroatoms. The number of anilines is 1. The predicted octanol–water partition coefficient (Wildman–Crippen LogP) is 2.94. The molecule has 2 aromatic heterocycles. The van der Waals surface area contributed by atoms with Crippen LogP contribution in [0.1, 0.15) is 28.9 Å². The number of rotatable bonds is 7. The number of carbonyl (C=O) groups excluding carboxylic acids is 2. The zero-order chi connectivity index (χ0) is 25.0. The van der Waals surface area contributed by atoms with Gasteiger partial charge in [0, 0.05) is 30.9 Å². The third-order valence-corrected chi connectivity index (χ3v) is 5.25. The second kappa shape index (κ2) is 9.99. The van der Waals surface area contributed by atoms with E-state index in [0.29, 0.717) is 17.8 Å². The van der Waals surface area contributed by atoms with E-state index in [9.17, 15) is 22.8 Å². The zero-order valence-corrected chi connectivity index (χ0v) is 18.6. The molecule has 0 radical (unpaired) electrons. The van der Waals surface area contributed by atoms with Gasteiger partial charge >= 0.3 is 6.18 Å². The summed E-state index contributed by atoms with van der Waals surface area (Å²) >= 11 is 0. The second-order valence-corrected chi connectivity index (χ2v) is 7.61. The molecule has 1 aliphatic rings. The van der Waals surface area contributed by atoms with Crippen LogP contribution in [-0.2, 0) is 11.0 Å². The number of ether oxygens (including phenoxy) is 2. The van der Waals surface area contributed by atoms with Crippen LogP contribution in [0.5, 0.6) is 11.6 Å². The minimum absolute atomic E-state index is 0.108. The van der Waals surface area contributed by atoms with Crippen LogP contribution >= 0.6 is 0 Å². The van der Waals surface area contributed by atoms with Gasteiger partial charge in [0.05, 0.1) is 18.9 Å². The first-order valence-electron chi connectivity index (χ1n) is 10.6. The molecule has 0 spiro atoms. The summed E-state index contributed by atoms with van der Waals surface area (Å²) in [6, 6.07) is 8.59. The van der Waals surface area contributed by atoms with E-state index in [1.165, 1.54) is 31.4 Å². The van der Waals surface area contributed by atoms with Crippen molar-refractivity contribution in [2.75, 3.05) is 32.1 Å². The first-order valence-corrected chi connectivity index (χ1v) is 10.6. The number of benzene rings is 1. The van der Waals surface area contributed by atoms with E-state index in [4.69, 9.17) is 9.47 Å². The van der Waals surface area contributed by atoms with Crippen molar-refractivity contribution >= 4 is 17.5 Å². The van der Waals surface area contributed by atoms with Crippen molar-refractivity contribution in [3.63, 3.8) is 0 Å². The van der Waals surface area contributed by atoms with Crippen molar-refractivity contribution in [3.8, 4) is 17.4 Å². The molecule has 35 heavy (non-hydrogen) atoms. The maximum Gasteiger partial charge on any atom is 0.434 e. The van der Waals surface area contributed by atoms with Gasteiger partial charge in [-0.3, -0.25) is 9.59 Å². The van der Waals surface area contributed by atoms with Crippen molar-refractivity contribution in [3.05, 3.63) is 53.9 Å². The summed E-state index contributed by atoms with van der Waals surface area (Å²) in [6.07, 6.45) is -2.20. The largest absolute Gasteiger partial charge is 0.484 e. The van der Waals surface area contributed by atoms with Gasteiger partial charge in [-0.15, -0.1) is 10.2 Å². The molecular formula is C22H21F3N6O4. The van der Waals surface area contributed by atoms with Gasteiger partial charge in [0.1, 0.15) is 5.75 Å². The summed E-state index contributed by atoms with van der Waals surface area (Å²) in [7, 11) is 1.34. The lowest BCUT2D eigenvalue weighted by Crippen LogP contribution is -2.32. The molecule has 1 N–H and O–H groups in total. The number of halogens is 3. The first-order chi connectivity index (χ1) is 16.8. The van der Waals surface area contributed by atoms with E-state index in [2.05, 4.69) is 20.6 Å². The summed E-state index contributed by atoms with van der Waals surface area (Å²) < 4.78 is 52.5. The molecular weight excluding hydrogens is 469 g/mol. The summed E-state index contributed by atoms with van der Waals surface area (Å²) in [5.74, 6) is -1.03. The van der Waals surface area contributed by atoms with Gasteiger partial charge in [-0.25, -0.2) is 4.68 Å². The number of methoxy groups -OCH3 is 1. The van der Waals surface area contributed by atoms with Crippen molar-refractivity contribution in [2.24, 2.45) is 0 Å². The highest BCUT2D eigenvalue weighted by atomic mass is 19.4. The molecule has 1 fully saturated rings. The van der Waals surface area contributed by atoms with E-state index < -0.39 is 23.3 Å². The predicted molar refractivity (Wildman–Crippen MR) is 116 cm³/mol. The van der Waals surface area contributed by atoms with Crippen molar-refractivity contribution in [1.29, 1.82) is 0 Å². The molecule has 2 amide bonds. The van der Waals surface area contributed by atoms with Crippen molar-refractivity contribution < 1.29 is 32.2 Å². The molecule has 0 atom stereocenters. The lowest BCUT2D eigenvalue weighted by molar-refractivity contribution is -0.143. The van der Waals surface area contributed by atoms with Crippen LogP contribution < -0.4 is 14.8 Å². The molecule has 0 saturated carbocycles. The highest BCUT2D eigenvalue weighted by Crippen LogP contribution is 2.34. The van der Waals surface area contributed by atoms with Crippen LogP contribution in [0, 0.1) is 0 Å². The lowest BCUT2D eigenvalue weighted by Gasteiger charge is -2.16. The molecule has 1 saturated heterocycles. The molecule has 3 heterocycles. The Morgan fingerprint density at radius 3 is 2.54 bits per heavy atom. The van der Waals surface area contributed by atoms with Crippen LogP contribution in [0.25, 0.3) is 5.82 Å². The standard InChI is InChI=1S/C22H21F3N6O4/c1-34-18-8-7-17(28-29-18)31-20(22(23,24)25)16(12-26-31)21(33)27-14-5-4-6-15(11-14)35-13-19(32)30-9-2-3-10-30/h4-8,11-12H,2-3,9-10,13H2,1H3,(H,27,33). The topological polar surface area (TPSA) is 111 Å². The van der Waals surface area contributed by atoms with Gasteiger partial charge in [-0.2, -0.15) is 18.3 Å². The molecule has 184 valence electrons. The smallest absolute Gasteiger partial charge is 0.434 e. The fourth-order valence-corrected chi connectivity index (χ4v) is 3.56. The lowest BCUT2D eigenvalue weighted by atomic mass is 10.2. The van der Waals surface area contributed by atoms with E-state index in [0.717, 1.165) is 19.0 Å². The zero-order valence-electron chi connectivity index (χ0n) is 18.6. The molecule has 4 rings (SSSR count). The monoisotopic (exact) mass is 490 g/mol. The number of nitrogens with one attached hydrogen (secondary N) is 1. The highest BCUT2D eigenvalue weighted by Gasteiger charge is 2.41. The molecule has 0 unspecified atom stereocenters. The van der Waals surface area contributed by atoms with Gasteiger partial charge in [0.15, 0.2) is 18.1 Å². The number of hydrogen-bond donors (Lipinski definition) is 1. The van der Waals surface area contributed by atoms with Gasteiger partial charge in [-0.1, -0.05) is 6.07 Å². The van der Waals surface area contributed by atoms with Gasteiger partial charge < -0.3 is 19.7 Å². The number of likely N-dealkylation sites (tertiary alicyclic amines) is 1. The Bertz CT molecular complexity index is 1210. The van der Waals surface area contributed by atoms with E-state index >= 15 is 0 Å². The second-order valence-electron chi connectivity index (χ2n) is 7.61. The summed E-state index contributed by atoms with van der Waals surface area (Å²) in [4.78, 5) is 26.6. The van der Waals surface area contributed by atoms with Crippen molar-refractivity contribution in [1.82, 2.24) is 24.9 Å². The Labute approximate surface area is 197 Å². The Hall–Kier alpha value is -4.16. The van der Waals surface area contributed by atoms with Gasteiger partial charge in [0.25, 0.3) is 11.8 Å². The minimum Gasteiger partial charge on any atom is -0.484 e. The SMILES string of the molecule is COc1ccc(-n2ncc(C(=O)Nc3cccc(OCC(=O)N4CCCC4)c3)c2C(F)(F)F)nn1. The maximum atomic E-state index is 13.9. The molecule has 10 nitrogen and oxygen atoms in total. The molecule has 1 aliphatic heterocycles. The average Bonchev–Trinajstić information content (AvgIpc) is 3.53. The van der Waals surface area contributed by atoms with Crippen LogP contribution in [0.3, 0.4) is 0 Å². The van der Waals surface area contributed by atoms with Crippen LogP contribution in [-0.4, -0.2) is 63.5 Å². The summed E-state index contributed by atoms with van der Waals surface area (Å²) in [6.45, 7) is 1.20. The summed E-state index contributed by atoms with van der Waals surface area (Å²) in [5, 5.41) is 13.4. The van der Waals surface area contributed by atoms with Crippen LogP contribution in [0.4, 0.5) is 18.9 Å². The molecule has 0 bridgehead atoms. The quantitative estimate of drug-likeness (QED) is 0.542. The third kappa shape index (κ3) is 5.50. The Morgan fingerprint density at radius 1 is 1.11 bits per heavy atom. The third-order valence-electron chi connectivity index (χ3n) is 5.25. The minimum atomic E-state index is -4.91. The Kier molecular flexibility index (Phi) is 6.85. The number of amides is 2. The Morgan fingerprint density at radius 2 is 1.89 bits per heavy atom. The van der Waals surface area contributed by atoms with Crippen LogP contribution in [0.15, 0.2) is 42.6 Å². The molecule has 3 aromatic rings. The average molecular weight is 490 g/mol. The number of nitrogens with zero attached hydrogens (tertiary/aromatic N) is 5. The fraction of sp³-hybridized carbons (Fsp3) is 0.318. The molecule has 1 aromatic carbocycles. The Balaban J connectivity index is 1.51. The highest BCUT2D eigenvalue weighted by molar-refractivity contribution is 6.05. The number of carbonyl (C=O) groups is 2. The fourth-order valence-electron chi connectivity index (χ4n) is 3.56. The number of aromatic nitrogens is 4. The normalized spacial score (nSPS) is 13.5. The van der Waals surface area contributed by atoms with Gasteiger partial charge in [-0.05, 0) is 31.0 Å². The van der Waals surface area contributed by atoms with E-state index in [1.54, 1.807) is 17.0 Å². The van der Waals surface area contributed by atoms with E-state index in [1.807, 2.05) is 0 Å².